The second kappa shape index (κ2) is 11.3. The lowest BCUT2D eigenvalue weighted by Crippen LogP contribution is -2.43. The molecule has 0 bridgehead atoms. The molecule has 0 radical (unpaired) electrons. The molecule has 1 heterocycles. The first kappa shape index (κ1) is 21.8. The van der Waals surface area contributed by atoms with Crippen LogP contribution in [-0.2, 0) is 11.2 Å². The zero-order valence-corrected chi connectivity index (χ0v) is 16.8. The van der Waals surface area contributed by atoms with E-state index in [1.807, 2.05) is 39.8 Å². The van der Waals surface area contributed by atoms with Gasteiger partial charge in [-0.05, 0) is 19.1 Å². The Morgan fingerprint density at radius 1 is 1.22 bits per heavy atom. The zero-order valence-electron chi connectivity index (χ0n) is 14.4. The minimum atomic E-state index is -0.359. The smallest absolute Gasteiger partial charge is 0.225 e. The maximum atomic E-state index is 11.7. The van der Waals surface area contributed by atoms with Crippen LogP contribution in [0.15, 0.2) is 27.8 Å². The molecule has 1 amide bonds. The number of furan rings is 1. The molecule has 0 unspecified atom stereocenters. The summed E-state index contributed by atoms with van der Waals surface area (Å²) in [6.45, 7) is 10.4. The van der Waals surface area contributed by atoms with Crippen LogP contribution in [0.5, 0.6) is 0 Å². The van der Waals surface area contributed by atoms with Gasteiger partial charge in [-0.2, -0.15) is 0 Å². The topological polar surface area (TPSA) is 78.7 Å². The summed E-state index contributed by atoms with van der Waals surface area (Å²) in [4.78, 5) is 16.2. The minimum Gasteiger partial charge on any atom is -0.469 e. The second-order valence-corrected chi connectivity index (χ2v) is 6.02. The van der Waals surface area contributed by atoms with E-state index >= 15 is 0 Å². The number of hydrogen-bond acceptors (Lipinski definition) is 3. The van der Waals surface area contributed by atoms with E-state index in [4.69, 9.17) is 4.42 Å². The highest BCUT2D eigenvalue weighted by Crippen LogP contribution is 2.11. The molecule has 0 aromatic carbocycles. The Balaban J connectivity index is 0.00000484. The van der Waals surface area contributed by atoms with E-state index in [2.05, 4.69) is 20.9 Å². The van der Waals surface area contributed by atoms with Gasteiger partial charge >= 0.3 is 0 Å². The number of hydrogen-bond donors (Lipinski definition) is 3. The summed E-state index contributed by atoms with van der Waals surface area (Å²) in [7, 11) is 0. The quantitative estimate of drug-likeness (QED) is 0.265. The molecule has 3 N–H and O–H groups in total. The molecule has 1 aromatic heterocycles. The molecule has 0 fully saturated rings. The minimum absolute atomic E-state index is 0. The average Bonchev–Trinajstić information content (AvgIpc) is 2.95. The van der Waals surface area contributed by atoms with Gasteiger partial charge in [0.2, 0.25) is 5.91 Å². The highest BCUT2D eigenvalue weighted by molar-refractivity contribution is 14.0. The van der Waals surface area contributed by atoms with E-state index in [0.717, 1.165) is 24.7 Å². The maximum absolute atomic E-state index is 11.7. The number of rotatable bonds is 7. The van der Waals surface area contributed by atoms with E-state index in [1.165, 1.54) is 0 Å². The van der Waals surface area contributed by atoms with Gasteiger partial charge < -0.3 is 20.4 Å². The van der Waals surface area contributed by atoms with Crippen LogP contribution in [0.25, 0.3) is 0 Å². The molecule has 0 spiro atoms. The molecule has 0 aliphatic heterocycles. The molecular formula is C16H29IN4O2. The molecule has 1 rings (SSSR count). The van der Waals surface area contributed by atoms with Crippen LogP contribution in [-0.4, -0.2) is 38.0 Å². The van der Waals surface area contributed by atoms with Crippen LogP contribution in [0.4, 0.5) is 0 Å². The fraction of sp³-hybridized carbons (Fsp3) is 0.625. The van der Waals surface area contributed by atoms with Crippen LogP contribution in [0.2, 0.25) is 0 Å². The summed E-state index contributed by atoms with van der Waals surface area (Å²) in [6.07, 6.45) is 2.44. The highest BCUT2D eigenvalue weighted by Gasteiger charge is 2.20. The Labute approximate surface area is 155 Å². The summed E-state index contributed by atoms with van der Waals surface area (Å²) >= 11 is 0. The van der Waals surface area contributed by atoms with Gasteiger partial charge in [0, 0.05) is 38.0 Å². The number of amides is 1. The Morgan fingerprint density at radius 3 is 2.48 bits per heavy atom. The van der Waals surface area contributed by atoms with Crippen molar-refractivity contribution in [3.63, 3.8) is 0 Å². The fourth-order valence-electron chi connectivity index (χ4n) is 1.70. The molecule has 0 saturated heterocycles. The van der Waals surface area contributed by atoms with Crippen LogP contribution >= 0.6 is 24.0 Å². The number of halogens is 1. The molecular weight excluding hydrogens is 407 g/mol. The Bertz CT molecular complexity index is 467. The lowest BCUT2D eigenvalue weighted by molar-refractivity contribution is -0.128. The first-order valence-corrected chi connectivity index (χ1v) is 7.76. The van der Waals surface area contributed by atoms with Crippen molar-refractivity contribution >= 4 is 35.8 Å². The van der Waals surface area contributed by atoms with Crippen molar-refractivity contribution in [2.24, 2.45) is 10.4 Å². The van der Waals surface area contributed by atoms with Crippen LogP contribution in [0.3, 0.4) is 0 Å². The summed E-state index contributed by atoms with van der Waals surface area (Å²) in [5, 5.41) is 9.28. The number of carbonyl (C=O) groups is 1. The van der Waals surface area contributed by atoms with Crippen molar-refractivity contribution in [2.75, 3.05) is 26.2 Å². The standard InChI is InChI=1S/C16H28N4O2.HI/c1-5-17-15(19-9-8-13-7-6-12-22-13)20-11-10-18-14(21)16(2,3)4;/h6-7,12H,5,8-11H2,1-4H3,(H,18,21)(H2,17,19,20);1H. The van der Waals surface area contributed by atoms with Gasteiger partial charge in [0.05, 0.1) is 6.26 Å². The van der Waals surface area contributed by atoms with Gasteiger partial charge in [-0.25, -0.2) is 0 Å². The maximum Gasteiger partial charge on any atom is 0.225 e. The first-order chi connectivity index (χ1) is 10.4. The molecule has 6 nitrogen and oxygen atoms in total. The first-order valence-electron chi connectivity index (χ1n) is 7.76. The largest absolute Gasteiger partial charge is 0.469 e. The van der Waals surface area contributed by atoms with Crippen LogP contribution < -0.4 is 16.0 Å². The van der Waals surface area contributed by atoms with Crippen LogP contribution in [0, 0.1) is 5.41 Å². The second-order valence-electron chi connectivity index (χ2n) is 6.02. The zero-order chi connectivity index (χ0) is 16.4. The molecule has 23 heavy (non-hydrogen) atoms. The normalized spacial score (nSPS) is 11.6. The Morgan fingerprint density at radius 2 is 1.91 bits per heavy atom. The van der Waals surface area contributed by atoms with Crippen molar-refractivity contribution in [1.82, 2.24) is 16.0 Å². The lowest BCUT2D eigenvalue weighted by atomic mass is 9.96. The van der Waals surface area contributed by atoms with Gasteiger partial charge in [-0.3, -0.25) is 9.79 Å². The Kier molecular flexibility index (Phi) is 10.7. The van der Waals surface area contributed by atoms with Gasteiger partial charge in [0.25, 0.3) is 0 Å². The third-order valence-corrected chi connectivity index (χ3v) is 2.94. The number of aliphatic imine (C=N–C) groups is 1. The molecule has 1 aromatic rings. The van der Waals surface area contributed by atoms with E-state index in [9.17, 15) is 4.79 Å². The van der Waals surface area contributed by atoms with Crippen molar-refractivity contribution in [3.8, 4) is 0 Å². The molecule has 132 valence electrons. The van der Waals surface area contributed by atoms with E-state index in [1.54, 1.807) is 6.26 Å². The number of nitrogens with one attached hydrogen (secondary N) is 3. The Hall–Kier alpha value is -1.25. The third-order valence-electron chi connectivity index (χ3n) is 2.94. The van der Waals surface area contributed by atoms with E-state index < -0.39 is 0 Å². The molecule has 0 saturated carbocycles. The number of guanidine groups is 1. The van der Waals surface area contributed by atoms with Gasteiger partial charge in [-0.1, -0.05) is 20.8 Å². The SMILES string of the molecule is CCNC(=NCCc1ccco1)NCCNC(=O)C(C)(C)C.I. The van der Waals surface area contributed by atoms with Gasteiger partial charge in [0.1, 0.15) is 5.76 Å². The average molecular weight is 436 g/mol. The third kappa shape index (κ3) is 9.47. The summed E-state index contributed by atoms with van der Waals surface area (Å²) in [6, 6.07) is 3.82. The predicted molar refractivity (Wildman–Crippen MR) is 104 cm³/mol. The van der Waals surface area contributed by atoms with Gasteiger partial charge in [0.15, 0.2) is 5.96 Å². The lowest BCUT2D eigenvalue weighted by Gasteiger charge is -2.18. The summed E-state index contributed by atoms with van der Waals surface area (Å²) < 4.78 is 5.27. The summed E-state index contributed by atoms with van der Waals surface area (Å²) in [5.41, 5.74) is -0.359. The molecule has 0 atom stereocenters. The molecule has 0 aliphatic carbocycles. The predicted octanol–water partition coefficient (Wildman–Crippen LogP) is 2.16. The van der Waals surface area contributed by atoms with Crippen molar-refractivity contribution in [1.29, 1.82) is 0 Å². The molecule has 7 heteroatoms. The van der Waals surface area contributed by atoms with E-state index in [-0.39, 0.29) is 35.3 Å². The molecule has 0 aliphatic rings. The van der Waals surface area contributed by atoms with Crippen molar-refractivity contribution in [2.45, 2.75) is 34.1 Å². The van der Waals surface area contributed by atoms with Crippen molar-refractivity contribution in [3.05, 3.63) is 24.2 Å². The number of nitrogens with zero attached hydrogens (tertiary/aromatic N) is 1. The fourth-order valence-corrected chi connectivity index (χ4v) is 1.70. The van der Waals surface area contributed by atoms with Gasteiger partial charge in [-0.15, -0.1) is 24.0 Å². The monoisotopic (exact) mass is 436 g/mol. The van der Waals surface area contributed by atoms with E-state index in [0.29, 0.717) is 19.6 Å². The summed E-state index contributed by atoms with van der Waals surface area (Å²) in [5.74, 6) is 1.73. The van der Waals surface area contributed by atoms with Crippen LogP contribution in [0.1, 0.15) is 33.5 Å². The highest BCUT2D eigenvalue weighted by atomic mass is 127. The van der Waals surface area contributed by atoms with Crippen molar-refractivity contribution < 1.29 is 9.21 Å². The number of carbonyl (C=O) groups excluding carboxylic acids is 1.